The van der Waals surface area contributed by atoms with Crippen LogP contribution >= 0.6 is 0 Å². The van der Waals surface area contributed by atoms with Gasteiger partial charge in [-0.3, -0.25) is 4.79 Å². The van der Waals surface area contributed by atoms with Crippen LogP contribution in [0.4, 0.5) is 4.79 Å². The first kappa shape index (κ1) is 13.1. The number of ether oxygens (including phenoxy) is 1. The number of nitrogens with zero attached hydrogens (tertiary/aromatic N) is 2. The predicted octanol–water partition coefficient (Wildman–Crippen LogP) is 0.765. The predicted molar refractivity (Wildman–Crippen MR) is 64.3 cm³/mol. The summed E-state index contributed by atoms with van der Waals surface area (Å²) in [4.78, 5) is 26.3. The second-order valence-electron chi connectivity index (χ2n) is 5.20. The highest BCUT2D eigenvalue weighted by Crippen LogP contribution is 2.28. The molecule has 0 aromatic rings. The number of carbonyl (C=O) groups is 2. The molecule has 0 radical (unpaired) electrons. The van der Waals surface area contributed by atoms with E-state index in [1.54, 1.807) is 4.90 Å². The van der Waals surface area contributed by atoms with Gasteiger partial charge in [0.05, 0.1) is 12.2 Å². The van der Waals surface area contributed by atoms with Crippen LogP contribution in [0.1, 0.15) is 26.7 Å². The van der Waals surface area contributed by atoms with Crippen molar-refractivity contribution in [2.24, 2.45) is 0 Å². The van der Waals surface area contributed by atoms with Gasteiger partial charge in [0.15, 0.2) is 0 Å². The van der Waals surface area contributed by atoms with Crippen molar-refractivity contribution < 1.29 is 19.4 Å². The molecular weight excluding hydrogens is 236 g/mol. The van der Waals surface area contributed by atoms with Crippen molar-refractivity contribution in [3.8, 4) is 0 Å². The van der Waals surface area contributed by atoms with Crippen molar-refractivity contribution >= 4 is 12.0 Å². The lowest BCUT2D eigenvalue weighted by Gasteiger charge is -2.38. The number of carboxylic acids is 1. The maximum Gasteiger partial charge on any atom is 0.323 e. The van der Waals surface area contributed by atoms with Crippen molar-refractivity contribution in [3.05, 3.63) is 0 Å². The number of hydrogen-bond donors (Lipinski definition) is 1. The zero-order chi connectivity index (χ0) is 13.3. The molecule has 2 atom stereocenters. The van der Waals surface area contributed by atoms with Gasteiger partial charge in [-0.2, -0.15) is 0 Å². The largest absolute Gasteiger partial charge is 0.480 e. The standard InChI is InChI=1S/C12H20N2O4/c1-8-5-13(6-9(2)18-8)12(17)14(7-11(15)16)10-3-4-10/h8-10H,3-7H2,1-2H3,(H,15,16). The smallest absolute Gasteiger partial charge is 0.323 e. The summed E-state index contributed by atoms with van der Waals surface area (Å²) in [6.45, 7) is 4.71. The number of carbonyl (C=O) groups excluding carboxylic acids is 1. The molecule has 0 spiro atoms. The summed E-state index contributed by atoms with van der Waals surface area (Å²) in [6, 6.07) is -0.0519. The Hall–Kier alpha value is -1.30. The van der Waals surface area contributed by atoms with Gasteiger partial charge in [-0.1, -0.05) is 0 Å². The highest BCUT2D eigenvalue weighted by molar-refractivity contribution is 5.81. The summed E-state index contributed by atoms with van der Waals surface area (Å²) in [5.41, 5.74) is 0. The van der Waals surface area contributed by atoms with Gasteiger partial charge < -0.3 is 19.6 Å². The molecule has 2 unspecified atom stereocenters. The highest BCUT2D eigenvalue weighted by Gasteiger charge is 2.37. The average molecular weight is 256 g/mol. The van der Waals surface area contributed by atoms with Crippen LogP contribution in [0.2, 0.25) is 0 Å². The van der Waals surface area contributed by atoms with Crippen molar-refractivity contribution in [2.45, 2.75) is 44.9 Å². The molecule has 6 heteroatoms. The molecule has 1 saturated carbocycles. The Morgan fingerprint density at radius 3 is 2.28 bits per heavy atom. The normalized spacial score (nSPS) is 28.0. The van der Waals surface area contributed by atoms with Crippen LogP contribution in [0.15, 0.2) is 0 Å². The average Bonchev–Trinajstić information content (AvgIpc) is 3.07. The van der Waals surface area contributed by atoms with Gasteiger partial charge in [0.25, 0.3) is 0 Å². The topological polar surface area (TPSA) is 70.1 Å². The number of rotatable bonds is 3. The van der Waals surface area contributed by atoms with E-state index in [0.717, 1.165) is 12.8 Å². The minimum Gasteiger partial charge on any atom is -0.480 e. The zero-order valence-electron chi connectivity index (χ0n) is 10.8. The van der Waals surface area contributed by atoms with E-state index in [1.165, 1.54) is 4.90 Å². The number of aliphatic carboxylic acids is 1. The van der Waals surface area contributed by atoms with E-state index in [9.17, 15) is 9.59 Å². The van der Waals surface area contributed by atoms with Crippen LogP contribution < -0.4 is 0 Å². The Labute approximate surface area is 106 Å². The van der Waals surface area contributed by atoms with Gasteiger partial charge in [0.2, 0.25) is 0 Å². The first-order chi connectivity index (χ1) is 8.47. The Bertz CT molecular complexity index is 333. The van der Waals surface area contributed by atoms with Crippen molar-refractivity contribution in [1.82, 2.24) is 9.80 Å². The van der Waals surface area contributed by atoms with Crippen LogP contribution in [-0.4, -0.2) is 64.8 Å². The second-order valence-corrected chi connectivity index (χ2v) is 5.20. The number of amides is 2. The fraction of sp³-hybridized carbons (Fsp3) is 0.833. The Morgan fingerprint density at radius 1 is 1.28 bits per heavy atom. The van der Waals surface area contributed by atoms with Gasteiger partial charge in [-0.25, -0.2) is 4.79 Å². The minimum absolute atomic E-state index is 0.00332. The highest BCUT2D eigenvalue weighted by atomic mass is 16.5. The third kappa shape index (κ3) is 3.13. The molecule has 1 heterocycles. The van der Waals surface area contributed by atoms with Gasteiger partial charge in [0.1, 0.15) is 6.54 Å². The quantitative estimate of drug-likeness (QED) is 0.809. The van der Waals surface area contributed by atoms with E-state index >= 15 is 0 Å². The monoisotopic (exact) mass is 256 g/mol. The summed E-state index contributed by atoms with van der Waals surface area (Å²) < 4.78 is 5.57. The molecule has 1 aliphatic carbocycles. The lowest BCUT2D eigenvalue weighted by molar-refractivity contribution is -0.138. The summed E-state index contributed by atoms with van der Waals surface area (Å²) in [5.74, 6) is -0.954. The molecule has 1 aliphatic heterocycles. The number of carboxylic acid groups (broad SMARTS) is 1. The molecule has 1 N–H and O–H groups in total. The van der Waals surface area contributed by atoms with Crippen LogP contribution in [0.25, 0.3) is 0 Å². The van der Waals surface area contributed by atoms with Crippen molar-refractivity contribution in [2.75, 3.05) is 19.6 Å². The third-order valence-corrected chi connectivity index (χ3v) is 3.23. The Kier molecular flexibility index (Phi) is 3.75. The molecule has 18 heavy (non-hydrogen) atoms. The van der Waals surface area contributed by atoms with E-state index in [0.29, 0.717) is 13.1 Å². The lowest BCUT2D eigenvalue weighted by Crippen LogP contribution is -2.54. The molecule has 2 rings (SSSR count). The van der Waals surface area contributed by atoms with Crippen LogP contribution in [0.5, 0.6) is 0 Å². The first-order valence-electron chi connectivity index (χ1n) is 6.40. The number of morpholine rings is 1. The van der Waals surface area contributed by atoms with Crippen LogP contribution in [0.3, 0.4) is 0 Å². The summed E-state index contributed by atoms with van der Waals surface area (Å²) >= 11 is 0. The SMILES string of the molecule is CC1CN(C(=O)N(CC(=O)O)C2CC2)CC(C)O1. The van der Waals surface area contributed by atoms with Crippen molar-refractivity contribution in [3.63, 3.8) is 0 Å². The Morgan fingerprint density at radius 2 is 1.83 bits per heavy atom. The minimum atomic E-state index is -0.954. The Balaban J connectivity index is 2.00. The van der Waals surface area contributed by atoms with Gasteiger partial charge >= 0.3 is 12.0 Å². The van der Waals surface area contributed by atoms with Gasteiger partial charge in [0, 0.05) is 19.1 Å². The molecule has 0 aromatic carbocycles. The molecular formula is C12H20N2O4. The lowest BCUT2D eigenvalue weighted by atomic mass is 10.2. The number of hydrogen-bond acceptors (Lipinski definition) is 3. The molecule has 102 valence electrons. The first-order valence-corrected chi connectivity index (χ1v) is 6.40. The molecule has 2 amide bonds. The fourth-order valence-corrected chi connectivity index (χ4v) is 2.40. The zero-order valence-corrected chi connectivity index (χ0v) is 10.8. The third-order valence-electron chi connectivity index (χ3n) is 3.23. The fourth-order valence-electron chi connectivity index (χ4n) is 2.40. The van der Waals surface area contributed by atoms with E-state index in [-0.39, 0.29) is 30.8 Å². The van der Waals surface area contributed by atoms with Gasteiger partial charge in [-0.05, 0) is 26.7 Å². The second kappa shape index (κ2) is 5.14. The summed E-state index contributed by atoms with van der Waals surface area (Å²) in [7, 11) is 0. The van der Waals surface area contributed by atoms with Crippen molar-refractivity contribution in [1.29, 1.82) is 0 Å². The maximum atomic E-state index is 12.3. The molecule has 1 saturated heterocycles. The summed E-state index contributed by atoms with van der Waals surface area (Å²) in [5, 5.41) is 8.87. The maximum absolute atomic E-state index is 12.3. The number of urea groups is 1. The van der Waals surface area contributed by atoms with Crippen LogP contribution in [0, 0.1) is 0 Å². The van der Waals surface area contributed by atoms with E-state index in [1.807, 2.05) is 13.8 Å². The van der Waals surface area contributed by atoms with E-state index in [4.69, 9.17) is 9.84 Å². The molecule has 2 fully saturated rings. The van der Waals surface area contributed by atoms with E-state index in [2.05, 4.69) is 0 Å². The van der Waals surface area contributed by atoms with Gasteiger partial charge in [-0.15, -0.1) is 0 Å². The molecule has 2 aliphatic rings. The summed E-state index contributed by atoms with van der Waals surface area (Å²) in [6.07, 6.45) is 1.83. The molecule has 6 nitrogen and oxygen atoms in total. The van der Waals surface area contributed by atoms with E-state index < -0.39 is 5.97 Å². The molecule has 0 aromatic heterocycles. The molecule has 0 bridgehead atoms. The van der Waals surface area contributed by atoms with Crippen LogP contribution in [-0.2, 0) is 9.53 Å².